The Morgan fingerprint density at radius 3 is 2.69 bits per heavy atom. The van der Waals surface area contributed by atoms with Crippen LogP contribution in [0, 0.1) is 11.7 Å². The number of piperidine rings is 1. The van der Waals surface area contributed by atoms with Gasteiger partial charge in [-0.3, -0.25) is 9.89 Å². The molecule has 5 nitrogen and oxygen atoms in total. The Balaban J connectivity index is 1.66. The molecule has 0 spiro atoms. The van der Waals surface area contributed by atoms with Gasteiger partial charge in [0.25, 0.3) is 5.91 Å². The van der Waals surface area contributed by atoms with Crippen LogP contribution in [0.15, 0.2) is 24.3 Å². The van der Waals surface area contributed by atoms with E-state index in [4.69, 9.17) is 11.6 Å². The van der Waals surface area contributed by atoms with Crippen molar-refractivity contribution < 1.29 is 14.3 Å². The zero-order chi connectivity index (χ0) is 18.9. The van der Waals surface area contributed by atoms with E-state index in [0.29, 0.717) is 36.0 Å². The predicted molar refractivity (Wildman–Crippen MR) is 98.5 cm³/mol. The summed E-state index contributed by atoms with van der Waals surface area (Å²) in [4.78, 5) is 14.5. The summed E-state index contributed by atoms with van der Waals surface area (Å²) < 4.78 is 13.2. The smallest absolute Gasteiger partial charge is 0.271 e. The van der Waals surface area contributed by atoms with Crippen molar-refractivity contribution in [3.63, 3.8) is 0 Å². The van der Waals surface area contributed by atoms with Gasteiger partial charge < -0.3 is 10.0 Å². The molecule has 1 aliphatic heterocycles. The molecule has 2 N–H and O–H groups in total. The Hall–Kier alpha value is -1.92. The van der Waals surface area contributed by atoms with Gasteiger partial charge in [-0.05, 0) is 63.3 Å². The van der Waals surface area contributed by atoms with Crippen LogP contribution in [-0.2, 0) is 0 Å². The number of likely N-dealkylation sites (tertiary alicyclic amines) is 1. The van der Waals surface area contributed by atoms with Crippen LogP contribution in [0.2, 0.25) is 5.02 Å². The van der Waals surface area contributed by atoms with Gasteiger partial charge in [-0.15, -0.1) is 0 Å². The third-order valence-corrected chi connectivity index (χ3v) is 5.02. The molecule has 1 aromatic heterocycles. The van der Waals surface area contributed by atoms with Crippen LogP contribution in [0.25, 0.3) is 11.3 Å². The average molecular weight is 380 g/mol. The van der Waals surface area contributed by atoms with Crippen molar-refractivity contribution in [2.24, 2.45) is 5.92 Å². The number of aliphatic hydroxyl groups is 1. The third kappa shape index (κ3) is 4.43. The van der Waals surface area contributed by atoms with Crippen molar-refractivity contribution in [3.8, 4) is 11.3 Å². The Kier molecular flexibility index (Phi) is 5.34. The highest BCUT2D eigenvalue weighted by Crippen LogP contribution is 2.29. The number of H-pyrrole nitrogens is 1. The largest absolute Gasteiger partial charge is 0.390 e. The van der Waals surface area contributed by atoms with Crippen molar-refractivity contribution in [2.75, 3.05) is 13.1 Å². The summed E-state index contributed by atoms with van der Waals surface area (Å²) in [5, 5.41) is 17.1. The van der Waals surface area contributed by atoms with Crippen LogP contribution in [0.3, 0.4) is 0 Å². The van der Waals surface area contributed by atoms with Crippen molar-refractivity contribution >= 4 is 17.5 Å². The van der Waals surface area contributed by atoms with Crippen LogP contribution >= 0.6 is 11.6 Å². The highest BCUT2D eigenvalue weighted by atomic mass is 35.5. The molecular formula is C19H23ClFN3O2. The second kappa shape index (κ2) is 7.37. The zero-order valence-corrected chi connectivity index (χ0v) is 15.7. The van der Waals surface area contributed by atoms with Crippen LogP contribution < -0.4 is 0 Å². The van der Waals surface area contributed by atoms with E-state index >= 15 is 0 Å². The van der Waals surface area contributed by atoms with Crippen LogP contribution in [-0.4, -0.2) is 44.8 Å². The molecule has 0 saturated carbocycles. The number of amides is 1. The zero-order valence-electron chi connectivity index (χ0n) is 14.9. The topological polar surface area (TPSA) is 69.2 Å². The van der Waals surface area contributed by atoms with Gasteiger partial charge in [0.05, 0.1) is 16.3 Å². The molecule has 3 rings (SSSR count). The predicted octanol–water partition coefficient (Wildman–Crippen LogP) is 3.88. The van der Waals surface area contributed by atoms with Crippen molar-refractivity contribution in [1.29, 1.82) is 0 Å². The molecule has 2 heterocycles. The number of rotatable bonds is 4. The molecule has 0 aliphatic carbocycles. The maximum Gasteiger partial charge on any atom is 0.271 e. The number of benzene rings is 1. The number of hydrogen-bond acceptors (Lipinski definition) is 3. The minimum Gasteiger partial charge on any atom is -0.390 e. The molecule has 1 saturated heterocycles. The summed E-state index contributed by atoms with van der Waals surface area (Å²) in [6.07, 6.45) is 2.49. The van der Waals surface area contributed by atoms with Gasteiger partial charge in [0, 0.05) is 18.7 Å². The average Bonchev–Trinajstić information content (AvgIpc) is 3.03. The maximum absolute atomic E-state index is 13.2. The molecular weight excluding hydrogens is 357 g/mol. The molecule has 2 aromatic rings. The summed E-state index contributed by atoms with van der Waals surface area (Å²) in [6.45, 7) is 4.95. The lowest BCUT2D eigenvalue weighted by Crippen LogP contribution is -2.40. The molecule has 0 unspecified atom stereocenters. The number of halogens is 2. The minimum atomic E-state index is -0.677. The molecule has 140 valence electrons. The quantitative estimate of drug-likeness (QED) is 0.846. The van der Waals surface area contributed by atoms with Crippen molar-refractivity contribution in [1.82, 2.24) is 15.1 Å². The first-order chi connectivity index (χ1) is 12.2. The number of aromatic amines is 1. The van der Waals surface area contributed by atoms with E-state index < -0.39 is 11.4 Å². The first kappa shape index (κ1) is 18.9. The summed E-state index contributed by atoms with van der Waals surface area (Å²) in [5.74, 6) is -0.0994. The Morgan fingerprint density at radius 2 is 2.08 bits per heavy atom. The van der Waals surface area contributed by atoms with E-state index in [1.807, 2.05) is 13.8 Å². The van der Waals surface area contributed by atoms with Crippen LogP contribution in [0.1, 0.15) is 43.6 Å². The second-order valence-corrected chi connectivity index (χ2v) is 7.95. The highest BCUT2D eigenvalue weighted by molar-refractivity contribution is 6.33. The number of carbonyl (C=O) groups is 1. The summed E-state index contributed by atoms with van der Waals surface area (Å²) in [7, 11) is 0. The van der Waals surface area contributed by atoms with Gasteiger partial charge in [-0.25, -0.2) is 4.39 Å². The lowest BCUT2D eigenvalue weighted by atomic mass is 9.86. The number of aromatic nitrogens is 2. The molecule has 0 bridgehead atoms. The third-order valence-electron chi connectivity index (χ3n) is 4.71. The maximum atomic E-state index is 13.2. The molecule has 7 heteroatoms. The fourth-order valence-corrected chi connectivity index (χ4v) is 3.75. The minimum absolute atomic E-state index is 0.108. The van der Waals surface area contributed by atoms with Gasteiger partial charge in [0.2, 0.25) is 0 Å². The lowest BCUT2D eigenvalue weighted by molar-refractivity contribution is 0.0357. The monoisotopic (exact) mass is 379 g/mol. The number of hydrogen-bond donors (Lipinski definition) is 2. The summed E-state index contributed by atoms with van der Waals surface area (Å²) in [5.41, 5.74) is 0.799. The molecule has 1 fully saturated rings. The standard InChI is InChI=1S/C19H23ClFN3O2/c1-19(2,26)11-12-5-7-24(8-6-12)18(25)17-10-16(22-23-17)14-4-3-13(21)9-15(14)20/h3-4,9-10,12,26H,5-8,11H2,1-2H3,(H,22,23). The normalized spacial score (nSPS) is 16.1. The van der Waals surface area contributed by atoms with Gasteiger partial charge >= 0.3 is 0 Å². The van der Waals surface area contributed by atoms with E-state index in [0.717, 1.165) is 19.3 Å². The first-order valence-corrected chi connectivity index (χ1v) is 9.13. The Labute approximate surface area is 157 Å². The Bertz CT molecular complexity index is 792. The van der Waals surface area contributed by atoms with Gasteiger partial charge in [-0.2, -0.15) is 5.10 Å². The fourth-order valence-electron chi connectivity index (χ4n) is 3.48. The summed E-state index contributed by atoms with van der Waals surface area (Å²) >= 11 is 6.06. The van der Waals surface area contributed by atoms with E-state index in [1.165, 1.54) is 12.1 Å². The number of carbonyl (C=O) groups excluding carboxylic acids is 1. The van der Waals surface area contributed by atoms with Gasteiger partial charge in [0.1, 0.15) is 11.5 Å². The lowest BCUT2D eigenvalue weighted by Gasteiger charge is -2.34. The second-order valence-electron chi connectivity index (χ2n) is 7.54. The van der Waals surface area contributed by atoms with Crippen molar-refractivity contribution in [2.45, 2.75) is 38.7 Å². The van der Waals surface area contributed by atoms with Gasteiger partial charge in [0.15, 0.2) is 0 Å². The number of nitrogens with one attached hydrogen (secondary N) is 1. The first-order valence-electron chi connectivity index (χ1n) is 8.75. The SMILES string of the molecule is CC(C)(O)CC1CCN(C(=O)c2cc(-c3ccc(F)cc3Cl)n[nH]2)CC1. The van der Waals surface area contributed by atoms with E-state index in [1.54, 1.807) is 17.0 Å². The molecule has 0 radical (unpaired) electrons. The van der Waals surface area contributed by atoms with Gasteiger partial charge in [-0.1, -0.05) is 11.6 Å². The van der Waals surface area contributed by atoms with E-state index in [2.05, 4.69) is 10.2 Å². The molecule has 1 amide bonds. The Morgan fingerprint density at radius 1 is 1.38 bits per heavy atom. The molecule has 26 heavy (non-hydrogen) atoms. The summed E-state index contributed by atoms with van der Waals surface area (Å²) in [6, 6.07) is 5.72. The van der Waals surface area contributed by atoms with Crippen molar-refractivity contribution in [3.05, 3.63) is 40.8 Å². The molecule has 1 aliphatic rings. The molecule has 1 aromatic carbocycles. The highest BCUT2D eigenvalue weighted by Gasteiger charge is 2.28. The number of nitrogens with zero attached hydrogens (tertiary/aromatic N) is 2. The van der Waals surface area contributed by atoms with Crippen LogP contribution in [0.4, 0.5) is 4.39 Å². The molecule has 0 atom stereocenters. The van der Waals surface area contributed by atoms with E-state index in [9.17, 15) is 14.3 Å². The fraction of sp³-hybridized carbons (Fsp3) is 0.474. The van der Waals surface area contributed by atoms with Crippen LogP contribution in [0.5, 0.6) is 0 Å². The van der Waals surface area contributed by atoms with E-state index in [-0.39, 0.29) is 10.9 Å².